The third-order valence-corrected chi connectivity index (χ3v) is 10.1. The Bertz CT molecular complexity index is 835. The number of aliphatic hydroxyl groups is 3. The van der Waals surface area contributed by atoms with E-state index in [9.17, 15) is 20.1 Å². The molecule has 0 aliphatic heterocycles. The highest BCUT2D eigenvalue weighted by molar-refractivity contribution is 5.84. The number of fused-ring (bicyclic) bond motifs is 1. The molecule has 0 aromatic heterocycles. The lowest BCUT2D eigenvalue weighted by atomic mass is 9.60. The second-order valence-electron chi connectivity index (χ2n) is 12.0. The maximum Gasteiger partial charge on any atom is 0.135 e. The van der Waals surface area contributed by atoms with Crippen LogP contribution in [0.25, 0.3) is 0 Å². The standard InChI is InChI=1S/C29H44O4/c1-18-22(16-23(31)17-27(18)33)8-7-21-6-5-12-28(4)24(9-10-25(21)28)19(2)26(32)11-13-29(14-15-29)20(3)30/h7-8,19,23-27,31-33H,1,5-6,9-17H2,2-4H3/t19-,23+,24+,25-,26-,27-,28+/m0/s1. The average Bonchev–Trinajstić information content (AvgIpc) is 3.48. The van der Waals surface area contributed by atoms with Gasteiger partial charge in [0.15, 0.2) is 0 Å². The zero-order chi connectivity index (χ0) is 24.0. The van der Waals surface area contributed by atoms with Crippen LogP contribution in [0.1, 0.15) is 91.4 Å². The lowest BCUT2D eigenvalue weighted by molar-refractivity contribution is -0.122. The van der Waals surface area contributed by atoms with E-state index >= 15 is 0 Å². The Labute approximate surface area is 199 Å². The van der Waals surface area contributed by atoms with E-state index in [1.165, 1.54) is 18.4 Å². The summed E-state index contributed by atoms with van der Waals surface area (Å²) >= 11 is 0. The number of hydrogen-bond donors (Lipinski definition) is 3. The Kier molecular flexibility index (Phi) is 7.11. The molecular formula is C29H44O4. The molecule has 0 spiro atoms. The summed E-state index contributed by atoms with van der Waals surface area (Å²) < 4.78 is 0. The summed E-state index contributed by atoms with van der Waals surface area (Å²) in [5.74, 6) is 1.56. The van der Waals surface area contributed by atoms with Crippen LogP contribution in [0.4, 0.5) is 0 Å². The van der Waals surface area contributed by atoms with Crippen molar-refractivity contribution in [3.05, 3.63) is 35.5 Å². The van der Waals surface area contributed by atoms with Crippen LogP contribution in [-0.2, 0) is 4.79 Å². The van der Waals surface area contributed by atoms with E-state index in [0.717, 1.165) is 56.1 Å². The minimum Gasteiger partial charge on any atom is -0.393 e. The first kappa shape index (κ1) is 24.9. The monoisotopic (exact) mass is 456 g/mol. The normalized spacial score (nSPS) is 40.0. The van der Waals surface area contributed by atoms with Gasteiger partial charge in [0, 0.05) is 11.8 Å². The zero-order valence-corrected chi connectivity index (χ0v) is 20.9. The molecule has 0 bridgehead atoms. The van der Waals surface area contributed by atoms with Crippen molar-refractivity contribution in [2.75, 3.05) is 0 Å². The van der Waals surface area contributed by atoms with E-state index in [1.807, 2.05) is 0 Å². The molecule has 4 rings (SSSR count). The molecular weight excluding hydrogens is 412 g/mol. The molecule has 4 nitrogen and oxygen atoms in total. The van der Waals surface area contributed by atoms with E-state index < -0.39 is 12.2 Å². The molecule has 184 valence electrons. The van der Waals surface area contributed by atoms with Crippen LogP contribution >= 0.6 is 0 Å². The van der Waals surface area contributed by atoms with E-state index in [2.05, 4.69) is 32.6 Å². The fourth-order valence-electron chi connectivity index (χ4n) is 7.49. The molecule has 4 fully saturated rings. The summed E-state index contributed by atoms with van der Waals surface area (Å²) in [6.07, 6.45) is 13.2. The summed E-state index contributed by atoms with van der Waals surface area (Å²) in [4.78, 5) is 11.9. The van der Waals surface area contributed by atoms with Gasteiger partial charge in [0.25, 0.3) is 0 Å². The lowest BCUT2D eigenvalue weighted by Crippen LogP contribution is -2.39. The van der Waals surface area contributed by atoms with Crippen molar-refractivity contribution >= 4 is 5.78 Å². The highest BCUT2D eigenvalue weighted by Gasteiger charge is 2.52. The summed E-state index contributed by atoms with van der Waals surface area (Å²) in [5.41, 5.74) is 3.27. The Morgan fingerprint density at radius 1 is 1.21 bits per heavy atom. The highest BCUT2D eigenvalue weighted by atomic mass is 16.3. The first-order chi connectivity index (χ1) is 15.6. The van der Waals surface area contributed by atoms with Crippen LogP contribution in [0.5, 0.6) is 0 Å². The van der Waals surface area contributed by atoms with E-state index in [1.54, 1.807) is 6.92 Å². The van der Waals surface area contributed by atoms with Crippen LogP contribution in [-0.4, -0.2) is 39.4 Å². The number of aliphatic hydroxyl groups excluding tert-OH is 3. The molecule has 0 amide bonds. The Morgan fingerprint density at radius 2 is 1.94 bits per heavy atom. The van der Waals surface area contributed by atoms with Gasteiger partial charge in [0.05, 0.1) is 18.3 Å². The predicted molar refractivity (Wildman–Crippen MR) is 131 cm³/mol. The Balaban J connectivity index is 1.45. The van der Waals surface area contributed by atoms with Crippen molar-refractivity contribution in [2.45, 2.75) is 110 Å². The third-order valence-electron chi connectivity index (χ3n) is 10.1. The third kappa shape index (κ3) is 4.81. The Morgan fingerprint density at radius 3 is 2.61 bits per heavy atom. The molecule has 0 aromatic carbocycles. The first-order valence-electron chi connectivity index (χ1n) is 13.2. The van der Waals surface area contributed by atoms with E-state index in [-0.39, 0.29) is 22.9 Å². The minimum absolute atomic E-state index is 0.124. The topological polar surface area (TPSA) is 77.8 Å². The van der Waals surface area contributed by atoms with Gasteiger partial charge in [-0.1, -0.05) is 38.2 Å². The number of hydrogen-bond acceptors (Lipinski definition) is 4. The maximum atomic E-state index is 11.9. The van der Waals surface area contributed by atoms with Crippen molar-refractivity contribution < 1.29 is 20.1 Å². The molecule has 4 aliphatic carbocycles. The summed E-state index contributed by atoms with van der Waals surface area (Å²) in [5, 5.41) is 31.3. The maximum absolute atomic E-state index is 11.9. The van der Waals surface area contributed by atoms with Crippen molar-refractivity contribution in [1.29, 1.82) is 0 Å². The first-order valence-corrected chi connectivity index (χ1v) is 13.2. The molecule has 4 aliphatic rings. The van der Waals surface area contributed by atoms with Crippen LogP contribution in [0.15, 0.2) is 35.5 Å². The average molecular weight is 457 g/mol. The fraction of sp³-hybridized carbons (Fsp3) is 0.759. The van der Waals surface area contributed by atoms with E-state index in [4.69, 9.17) is 0 Å². The number of Topliss-reactive ketones (excluding diaryl/α,β-unsaturated/α-hetero) is 1. The molecule has 4 saturated carbocycles. The largest absolute Gasteiger partial charge is 0.393 e. The van der Waals surface area contributed by atoms with Crippen molar-refractivity contribution in [2.24, 2.45) is 28.6 Å². The summed E-state index contributed by atoms with van der Waals surface area (Å²) in [6, 6.07) is 0. The second-order valence-corrected chi connectivity index (χ2v) is 12.0. The fourth-order valence-corrected chi connectivity index (χ4v) is 7.49. The van der Waals surface area contributed by atoms with Gasteiger partial charge in [-0.2, -0.15) is 0 Å². The highest BCUT2D eigenvalue weighted by Crippen LogP contribution is 2.60. The van der Waals surface area contributed by atoms with Gasteiger partial charge in [-0.3, -0.25) is 4.79 Å². The van der Waals surface area contributed by atoms with Crippen LogP contribution in [0.2, 0.25) is 0 Å². The number of carbonyl (C=O) groups excluding carboxylic acids is 1. The van der Waals surface area contributed by atoms with Crippen LogP contribution < -0.4 is 0 Å². The number of ketones is 1. The number of carbonyl (C=O) groups is 1. The Hall–Kier alpha value is -1.23. The lowest BCUT2D eigenvalue weighted by Gasteiger charge is -2.45. The minimum atomic E-state index is -0.647. The molecule has 0 aromatic rings. The molecule has 0 saturated heterocycles. The summed E-state index contributed by atoms with van der Waals surface area (Å²) in [6.45, 7) is 10.4. The molecule has 7 atom stereocenters. The van der Waals surface area contributed by atoms with Gasteiger partial charge in [0.2, 0.25) is 0 Å². The molecule has 3 N–H and O–H groups in total. The number of allylic oxidation sites excluding steroid dienone is 3. The molecule has 4 heteroatoms. The molecule has 0 radical (unpaired) electrons. The smallest absolute Gasteiger partial charge is 0.135 e. The van der Waals surface area contributed by atoms with Crippen LogP contribution in [0, 0.1) is 28.6 Å². The predicted octanol–water partition coefficient (Wildman–Crippen LogP) is 5.27. The van der Waals surface area contributed by atoms with Gasteiger partial charge in [-0.05, 0) is 105 Å². The summed E-state index contributed by atoms with van der Waals surface area (Å²) in [7, 11) is 0. The van der Waals surface area contributed by atoms with Crippen molar-refractivity contribution in [3.8, 4) is 0 Å². The quantitative estimate of drug-likeness (QED) is 0.487. The zero-order valence-electron chi connectivity index (χ0n) is 20.9. The van der Waals surface area contributed by atoms with Gasteiger partial charge in [-0.15, -0.1) is 0 Å². The SMILES string of the molecule is C=C1C(=CC=C2CCC[C@]3(C)[C@@H]([C@H](C)[C@@H](O)CCC4(C(C)=O)CC4)CC[C@@H]23)C[C@@H](O)C[C@@H]1O. The molecule has 33 heavy (non-hydrogen) atoms. The van der Waals surface area contributed by atoms with Gasteiger partial charge in [-0.25, -0.2) is 0 Å². The number of rotatable bonds is 7. The second kappa shape index (κ2) is 9.43. The van der Waals surface area contributed by atoms with Crippen molar-refractivity contribution in [3.63, 3.8) is 0 Å². The van der Waals surface area contributed by atoms with Crippen molar-refractivity contribution in [1.82, 2.24) is 0 Å². The van der Waals surface area contributed by atoms with Gasteiger partial charge < -0.3 is 15.3 Å². The molecule has 0 unspecified atom stereocenters. The van der Waals surface area contributed by atoms with Crippen LogP contribution in [0.3, 0.4) is 0 Å². The van der Waals surface area contributed by atoms with E-state index in [0.29, 0.717) is 30.5 Å². The van der Waals surface area contributed by atoms with Gasteiger partial charge >= 0.3 is 0 Å². The van der Waals surface area contributed by atoms with Gasteiger partial charge in [0.1, 0.15) is 5.78 Å². The molecule has 0 heterocycles.